The predicted octanol–water partition coefficient (Wildman–Crippen LogP) is 1.35. The third-order valence-corrected chi connectivity index (χ3v) is 2.83. The molecule has 2 heteroatoms. The molecule has 0 radical (unpaired) electrons. The maximum atomic E-state index is 5.65. The Bertz CT molecular complexity index is 271. The summed E-state index contributed by atoms with van der Waals surface area (Å²) in [7, 11) is 0. The van der Waals surface area contributed by atoms with E-state index in [9.17, 15) is 0 Å². The van der Waals surface area contributed by atoms with Gasteiger partial charge < -0.3 is 5.73 Å². The Labute approximate surface area is 79.4 Å². The molecule has 1 unspecified atom stereocenters. The van der Waals surface area contributed by atoms with Crippen LogP contribution in [0.4, 0.5) is 0 Å². The van der Waals surface area contributed by atoms with Gasteiger partial charge in [0.1, 0.15) is 0 Å². The molecule has 0 amide bonds. The molecule has 0 fully saturated rings. The highest BCUT2D eigenvalue weighted by atomic mass is 15.2. The van der Waals surface area contributed by atoms with Crippen LogP contribution in [-0.4, -0.2) is 17.5 Å². The zero-order valence-electron chi connectivity index (χ0n) is 8.03. The third-order valence-electron chi connectivity index (χ3n) is 2.83. The molecule has 1 aliphatic rings. The molecule has 0 saturated heterocycles. The minimum absolute atomic E-state index is 0.493. The number of hydrogen-bond acceptors (Lipinski definition) is 2. The van der Waals surface area contributed by atoms with E-state index in [4.69, 9.17) is 5.73 Å². The van der Waals surface area contributed by atoms with Gasteiger partial charge in [-0.05, 0) is 18.1 Å². The number of nitrogens with zero attached hydrogens (tertiary/aromatic N) is 1. The summed E-state index contributed by atoms with van der Waals surface area (Å²) in [5.41, 5.74) is 8.57. The van der Waals surface area contributed by atoms with Crippen LogP contribution in [0, 0.1) is 0 Å². The van der Waals surface area contributed by atoms with E-state index >= 15 is 0 Å². The molecule has 13 heavy (non-hydrogen) atoms. The van der Waals surface area contributed by atoms with Gasteiger partial charge in [-0.15, -0.1) is 0 Å². The first-order valence-corrected chi connectivity index (χ1v) is 4.82. The van der Waals surface area contributed by atoms with Crippen LogP contribution in [-0.2, 0) is 13.1 Å². The fourth-order valence-corrected chi connectivity index (χ4v) is 1.82. The lowest BCUT2D eigenvalue weighted by Crippen LogP contribution is -2.34. The van der Waals surface area contributed by atoms with E-state index in [-0.39, 0.29) is 0 Å². The largest absolute Gasteiger partial charge is 0.329 e. The van der Waals surface area contributed by atoms with Gasteiger partial charge in [0, 0.05) is 25.7 Å². The van der Waals surface area contributed by atoms with E-state index in [1.807, 2.05) is 0 Å². The van der Waals surface area contributed by atoms with Gasteiger partial charge >= 0.3 is 0 Å². The van der Waals surface area contributed by atoms with Crippen LogP contribution in [0.15, 0.2) is 24.3 Å². The normalized spacial score (nSPS) is 18.6. The fraction of sp³-hybridized carbons (Fsp3) is 0.455. The van der Waals surface area contributed by atoms with Crippen molar-refractivity contribution in [3.8, 4) is 0 Å². The minimum atomic E-state index is 0.493. The molecule has 1 atom stereocenters. The molecule has 2 nitrogen and oxygen atoms in total. The third kappa shape index (κ3) is 1.60. The molecule has 1 aliphatic heterocycles. The summed E-state index contributed by atoms with van der Waals surface area (Å²) in [4.78, 5) is 2.42. The molecule has 1 aromatic rings. The maximum absolute atomic E-state index is 5.65. The maximum Gasteiger partial charge on any atom is 0.0243 e. The van der Waals surface area contributed by atoms with Gasteiger partial charge in [0.05, 0.1) is 0 Å². The zero-order valence-corrected chi connectivity index (χ0v) is 8.03. The Balaban J connectivity index is 2.14. The predicted molar refractivity (Wildman–Crippen MR) is 54.2 cm³/mol. The summed E-state index contributed by atoms with van der Waals surface area (Å²) in [5.74, 6) is 0. The number of fused-ring (bicyclic) bond motifs is 1. The lowest BCUT2D eigenvalue weighted by molar-refractivity contribution is 0.218. The molecular weight excluding hydrogens is 160 g/mol. The van der Waals surface area contributed by atoms with E-state index in [1.165, 1.54) is 11.1 Å². The standard InChI is InChI=1S/C11H16N2/c1-9(6-12)13-7-10-4-2-3-5-11(10)8-13/h2-5,9H,6-8,12H2,1H3. The van der Waals surface area contributed by atoms with Crippen molar-refractivity contribution < 1.29 is 0 Å². The van der Waals surface area contributed by atoms with Gasteiger partial charge in [0.25, 0.3) is 0 Å². The Morgan fingerprint density at radius 3 is 2.31 bits per heavy atom. The molecular formula is C11H16N2. The van der Waals surface area contributed by atoms with Crippen LogP contribution in [0.3, 0.4) is 0 Å². The lowest BCUT2D eigenvalue weighted by atomic mass is 10.1. The number of rotatable bonds is 2. The summed E-state index contributed by atoms with van der Waals surface area (Å²) in [6, 6.07) is 9.12. The van der Waals surface area contributed by atoms with Gasteiger partial charge in [-0.25, -0.2) is 0 Å². The fourth-order valence-electron chi connectivity index (χ4n) is 1.82. The van der Waals surface area contributed by atoms with E-state index in [0.29, 0.717) is 6.04 Å². The van der Waals surface area contributed by atoms with Crippen LogP contribution in [0.25, 0.3) is 0 Å². The van der Waals surface area contributed by atoms with Gasteiger partial charge in [-0.3, -0.25) is 4.90 Å². The number of benzene rings is 1. The van der Waals surface area contributed by atoms with Crippen molar-refractivity contribution in [1.82, 2.24) is 4.90 Å². The molecule has 2 N–H and O–H groups in total. The van der Waals surface area contributed by atoms with Crippen LogP contribution >= 0.6 is 0 Å². The number of nitrogens with two attached hydrogens (primary N) is 1. The first-order chi connectivity index (χ1) is 6.31. The number of hydrogen-bond donors (Lipinski definition) is 1. The Kier molecular flexibility index (Phi) is 2.34. The molecule has 0 spiro atoms. The molecule has 0 aliphatic carbocycles. The lowest BCUT2D eigenvalue weighted by Gasteiger charge is -2.21. The van der Waals surface area contributed by atoms with Crippen LogP contribution in [0.2, 0.25) is 0 Å². The molecule has 0 bridgehead atoms. The second-order valence-corrected chi connectivity index (χ2v) is 3.76. The Morgan fingerprint density at radius 1 is 1.31 bits per heavy atom. The summed E-state index contributed by atoms with van der Waals surface area (Å²) in [6.07, 6.45) is 0. The van der Waals surface area contributed by atoms with Crippen molar-refractivity contribution >= 4 is 0 Å². The smallest absolute Gasteiger partial charge is 0.0243 e. The summed E-state index contributed by atoms with van der Waals surface area (Å²) >= 11 is 0. The SMILES string of the molecule is CC(CN)N1Cc2ccccc2C1. The van der Waals surface area contributed by atoms with Crippen molar-refractivity contribution in [2.75, 3.05) is 6.54 Å². The van der Waals surface area contributed by atoms with Gasteiger partial charge in [0.2, 0.25) is 0 Å². The monoisotopic (exact) mass is 176 g/mol. The van der Waals surface area contributed by atoms with Crippen molar-refractivity contribution in [1.29, 1.82) is 0 Å². The minimum Gasteiger partial charge on any atom is -0.329 e. The highest BCUT2D eigenvalue weighted by Gasteiger charge is 2.21. The topological polar surface area (TPSA) is 29.3 Å². The van der Waals surface area contributed by atoms with Crippen LogP contribution in [0.1, 0.15) is 18.1 Å². The van der Waals surface area contributed by atoms with E-state index in [2.05, 4.69) is 36.1 Å². The van der Waals surface area contributed by atoms with Crippen molar-refractivity contribution in [3.63, 3.8) is 0 Å². The molecule has 0 saturated carbocycles. The first-order valence-electron chi connectivity index (χ1n) is 4.82. The molecule has 0 aromatic heterocycles. The van der Waals surface area contributed by atoms with Crippen LogP contribution in [0.5, 0.6) is 0 Å². The van der Waals surface area contributed by atoms with Gasteiger partial charge in [0.15, 0.2) is 0 Å². The molecule has 1 aromatic carbocycles. The first kappa shape index (κ1) is 8.73. The molecule has 1 heterocycles. The highest BCUT2D eigenvalue weighted by Crippen LogP contribution is 2.23. The summed E-state index contributed by atoms with van der Waals surface area (Å²) in [5, 5.41) is 0. The van der Waals surface area contributed by atoms with Gasteiger partial charge in [-0.1, -0.05) is 24.3 Å². The Morgan fingerprint density at radius 2 is 1.85 bits per heavy atom. The Hall–Kier alpha value is -0.860. The van der Waals surface area contributed by atoms with Crippen molar-refractivity contribution in [2.24, 2.45) is 5.73 Å². The van der Waals surface area contributed by atoms with E-state index in [0.717, 1.165) is 19.6 Å². The molecule has 2 rings (SSSR count). The second kappa shape index (κ2) is 3.48. The second-order valence-electron chi connectivity index (χ2n) is 3.76. The van der Waals surface area contributed by atoms with E-state index in [1.54, 1.807) is 0 Å². The quantitative estimate of drug-likeness (QED) is 0.737. The summed E-state index contributed by atoms with van der Waals surface area (Å²) in [6.45, 7) is 5.06. The van der Waals surface area contributed by atoms with Crippen molar-refractivity contribution in [3.05, 3.63) is 35.4 Å². The highest BCUT2D eigenvalue weighted by molar-refractivity contribution is 5.30. The summed E-state index contributed by atoms with van der Waals surface area (Å²) < 4.78 is 0. The van der Waals surface area contributed by atoms with Crippen LogP contribution < -0.4 is 5.73 Å². The molecule has 70 valence electrons. The zero-order chi connectivity index (χ0) is 9.26. The van der Waals surface area contributed by atoms with Gasteiger partial charge in [-0.2, -0.15) is 0 Å². The average molecular weight is 176 g/mol. The van der Waals surface area contributed by atoms with Crippen molar-refractivity contribution in [2.45, 2.75) is 26.1 Å². The van der Waals surface area contributed by atoms with E-state index < -0.39 is 0 Å². The average Bonchev–Trinajstić information content (AvgIpc) is 2.59.